The molecule has 0 heterocycles. The van der Waals surface area contributed by atoms with Gasteiger partial charge in [-0.1, -0.05) is 24.3 Å². The van der Waals surface area contributed by atoms with Crippen LogP contribution in [0.15, 0.2) is 53.4 Å². The lowest BCUT2D eigenvalue weighted by atomic mass is 10.1. The van der Waals surface area contributed by atoms with Crippen molar-refractivity contribution in [1.29, 1.82) is 0 Å². The van der Waals surface area contributed by atoms with Crippen LogP contribution in [0.25, 0.3) is 0 Å². The van der Waals surface area contributed by atoms with E-state index in [2.05, 4.69) is 5.32 Å². The highest BCUT2D eigenvalue weighted by Crippen LogP contribution is 2.25. The van der Waals surface area contributed by atoms with Crippen LogP contribution in [-0.4, -0.2) is 26.7 Å². The Morgan fingerprint density at radius 1 is 1.14 bits per heavy atom. The molecule has 0 radical (unpaired) electrons. The third kappa shape index (κ3) is 6.32. The van der Waals surface area contributed by atoms with Crippen molar-refractivity contribution in [1.82, 2.24) is 5.32 Å². The van der Waals surface area contributed by atoms with Crippen molar-refractivity contribution in [2.75, 3.05) is 6.26 Å². The fourth-order valence-electron chi connectivity index (χ4n) is 3.63. The van der Waals surface area contributed by atoms with Crippen LogP contribution < -0.4 is 10.1 Å². The standard InChI is InChI=1S/C23H29NO4S/c1-17(19-11-13-22(14-12-19)29(2,26)27)24-23(25)15-10-18-6-5-9-21(16-18)28-20-7-3-4-8-20/h5-6,9,11-14,16-17,20H,3-4,7-8,10,15H2,1-2H3,(H,24,25). The lowest BCUT2D eigenvalue weighted by Crippen LogP contribution is -2.26. The summed E-state index contributed by atoms with van der Waals surface area (Å²) in [6.07, 6.45) is 7.25. The highest BCUT2D eigenvalue weighted by atomic mass is 32.2. The lowest BCUT2D eigenvalue weighted by molar-refractivity contribution is -0.121. The maximum Gasteiger partial charge on any atom is 0.220 e. The average Bonchev–Trinajstić information content (AvgIpc) is 3.19. The summed E-state index contributed by atoms with van der Waals surface area (Å²) in [5, 5.41) is 2.98. The summed E-state index contributed by atoms with van der Waals surface area (Å²) in [5.41, 5.74) is 1.96. The molecule has 2 aromatic rings. The number of aryl methyl sites for hydroxylation is 1. The molecule has 1 aliphatic rings. The minimum atomic E-state index is -3.22. The van der Waals surface area contributed by atoms with Crippen LogP contribution in [0, 0.1) is 0 Å². The Morgan fingerprint density at radius 3 is 2.48 bits per heavy atom. The molecular weight excluding hydrogens is 386 g/mol. The quantitative estimate of drug-likeness (QED) is 0.701. The second-order valence-electron chi connectivity index (χ2n) is 7.80. The lowest BCUT2D eigenvalue weighted by Gasteiger charge is -2.15. The van der Waals surface area contributed by atoms with Gasteiger partial charge < -0.3 is 10.1 Å². The largest absolute Gasteiger partial charge is 0.490 e. The van der Waals surface area contributed by atoms with Crippen molar-refractivity contribution in [2.45, 2.75) is 62.5 Å². The summed E-state index contributed by atoms with van der Waals surface area (Å²) in [4.78, 5) is 12.6. The molecule has 1 fully saturated rings. The highest BCUT2D eigenvalue weighted by molar-refractivity contribution is 7.90. The zero-order valence-corrected chi connectivity index (χ0v) is 17.9. The van der Waals surface area contributed by atoms with E-state index in [1.54, 1.807) is 24.3 Å². The number of rotatable bonds is 8. The first-order chi connectivity index (χ1) is 13.8. The summed E-state index contributed by atoms with van der Waals surface area (Å²) >= 11 is 0. The van der Waals surface area contributed by atoms with Crippen molar-refractivity contribution in [3.8, 4) is 5.75 Å². The summed E-state index contributed by atoms with van der Waals surface area (Å²) in [6, 6.07) is 14.4. The monoisotopic (exact) mass is 415 g/mol. The van der Waals surface area contributed by atoms with Crippen LogP contribution in [0.4, 0.5) is 0 Å². The molecule has 1 saturated carbocycles. The molecule has 0 spiro atoms. The zero-order valence-electron chi connectivity index (χ0n) is 17.1. The summed E-state index contributed by atoms with van der Waals surface area (Å²) in [6.45, 7) is 1.89. The van der Waals surface area contributed by atoms with E-state index < -0.39 is 9.84 Å². The van der Waals surface area contributed by atoms with Gasteiger partial charge in [-0.15, -0.1) is 0 Å². The normalized spacial score (nSPS) is 15.8. The molecule has 1 unspecified atom stereocenters. The minimum Gasteiger partial charge on any atom is -0.490 e. The molecule has 0 aromatic heterocycles. The molecule has 5 nitrogen and oxygen atoms in total. The van der Waals surface area contributed by atoms with Crippen molar-refractivity contribution in [2.24, 2.45) is 0 Å². The van der Waals surface area contributed by atoms with E-state index in [0.717, 1.165) is 29.7 Å². The van der Waals surface area contributed by atoms with Crippen molar-refractivity contribution < 1.29 is 17.9 Å². The van der Waals surface area contributed by atoms with Gasteiger partial charge in [-0.25, -0.2) is 8.42 Å². The number of hydrogen-bond acceptors (Lipinski definition) is 4. The van der Waals surface area contributed by atoms with Crippen molar-refractivity contribution in [3.63, 3.8) is 0 Å². The number of sulfone groups is 1. The Labute approximate surface area is 173 Å². The predicted molar refractivity (Wildman–Crippen MR) is 114 cm³/mol. The first-order valence-corrected chi connectivity index (χ1v) is 12.1. The van der Waals surface area contributed by atoms with Gasteiger partial charge in [-0.3, -0.25) is 4.79 Å². The number of benzene rings is 2. The van der Waals surface area contributed by atoms with E-state index in [1.807, 2.05) is 31.2 Å². The summed E-state index contributed by atoms with van der Waals surface area (Å²) in [5.74, 6) is 0.848. The second-order valence-corrected chi connectivity index (χ2v) is 9.82. The molecule has 1 amide bonds. The smallest absolute Gasteiger partial charge is 0.220 e. The van der Waals surface area contributed by atoms with E-state index in [9.17, 15) is 13.2 Å². The minimum absolute atomic E-state index is 0.0354. The van der Waals surface area contributed by atoms with Crippen LogP contribution in [0.3, 0.4) is 0 Å². The first kappa shape index (κ1) is 21.4. The number of nitrogens with one attached hydrogen (secondary N) is 1. The van der Waals surface area contributed by atoms with Crippen LogP contribution in [0.5, 0.6) is 5.75 Å². The van der Waals surface area contributed by atoms with E-state index >= 15 is 0 Å². The Hall–Kier alpha value is -2.34. The third-order valence-electron chi connectivity index (χ3n) is 5.33. The predicted octanol–water partition coefficient (Wildman–Crippen LogP) is 4.22. The number of amides is 1. The van der Waals surface area contributed by atoms with E-state index in [0.29, 0.717) is 18.9 Å². The average molecular weight is 416 g/mol. The number of carbonyl (C=O) groups excluding carboxylic acids is 1. The molecule has 0 aliphatic heterocycles. The van der Waals surface area contributed by atoms with Crippen LogP contribution in [0.1, 0.15) is 56.2 Å². The van der Waals surface area contributed by atoms with Gasteiger partial charge in [-0.05, 0) is 74.4 Å². The molecule has 3 rings (SSSR count). The SMILES string of the molecule is CC(NC(=O)CCc1cccc(OC2CCCC2)c1)c1ccc(S(C)(=O)=O)cc1. The molecule has 0 saturated heterocycles. The van der Waals surface area contributed by atoms with Gasteiger partial charge in [0.25, 0.3) is 0 Å². The molecule has 6 heteroatoms. The maximum atomic E-state index is 12.4. The Kier molecular flexibility index (Phi) is 6.96. The van der Waals surface area contributed by atoms with E-state index in [4.69, 9.17) is 4.74 Å². The van der Waals surface area contributed by atoms with Gasteiger partial charge in [0.1, 0.15) is 5.75 Å². The van der Waals surface area contributed by atoms with E-state index in [-0.39, 0.29) is 16.8 Å². The number of ether oxygens (including phenoxy) is 1. The summed E-state index contributed by atoms with van der Waals surface area (Å²) in [7, 11) is -3.22. The Bertz CT molecular complexity index is 932. The topological polar surface area (TPSA) is 72.5 Å². The molecular formula is C23H29NO4S. The van der Waals surface area contributed by atoms with Gasteiger partial charge >= 0.3 is 0 Å². The van der Waals surface area contributed by atoms with Gasteiger partial charge in [-0.2, -0.15) is 0 Å². The third-order valence-corrected chi connectivity index (χ3v) is 6.46. The number of hydrogen-bond donors (Lipinski definition) is 1. The van der Waals surface area contributed by atoms with E-state index in [1.165, 1.54) is 19.1 Å². The molecule has 0 bridgehead atoms. The molecule has 1 atom stereocenters. The Balaban J connectivity index is 1.50. The maximum absolute atomic E-state index is 12.4. The fourth-order valence-corrected chi connectivity index (χ4v) is 4.26. The molecule has 156 valence electrons. The fraction of sp³-hybridized carbons (Fsp3) is 0.435. The first-order valence-electron chi connectivity index (χ1n) is 10.2. The van der Waals surface area contributed by atoms with Gasteiger partial charge in [0.15, 0.2) is 9.84 Å². The van der Waals surface area contributed by atoms with Crippen LogP contribution in [0.2, 0.25) is 0 Å². The van der Waals surface area contributed by atoms with Crippen LogP contribution in [-0.2, 0) is 21.1 Å². The van der Waals surface area contributed by atoms with Gasteiger partial charge in [0, 0.05) is 12.7 Å². The van der Waals surface area contributed by atoms with Crippen molar-refractivity contribution >= 4 is 15.7 Å². The van der Waals surface area contributed by atoms with Gasteiger partial charge in [0.2, 0.25) is 5.91 Å². The van der Waals surface area contributed by atoms with Gasteiger partial charge in [0.05, 0.1) is 17.0 Å². The second kappa shape index (κ2) is 9.44. The van der Waals surface area contributed by atoms with Crippen LogP contribution >= 0.6 is 0 Å². The molecule has 29 heavy (non-hydrogen) atoms. The number of carbonyl (C=O) groups is 1. The highest BCUT2D eigenvalue weighted by Gasteiger charge is 2.16. The molecule has 1 aliphatic carbocycles. The zero-order chi connectivity index (χ0) is 20.9. The Morgan fingerprint density at radius 2 is 1.83 bits per heavy atom. The summed E-state index contributed by atoms with van der Waals surface area (Å²) < 4.78 is 29.1. The molecule has 1 N–H and O–H groups in total. The molecule has 2 aromatic carbocycles. The van der Waals surface area contributed by atoms with Crippen molar-refractivity contribution in [3.05, 3.63) is 59.7 Å².